The van der Waals surface area contributed by atoms with Gasteiger partial charge in [0.1, 0.15) is 0 Å². The van der Waals surface area contributed by atoms with Crippen molar-refractivity contribution in [2.45, 2.75) is 12.5 Å². The summed E-state index contributed by atoms with van der Waals surface area (Å²) >= 11 is 0. The van der Waals surface area contributed by atoms with Crippen molar-refractivity contribution in [3.05, 3.63) is 24.2 Å². The highest BCUT2D eigenvalue weighted by Crippen LogP contribution is 2.19. The second kappa shape index (κ2) is 4.86. The third-order valence-electron chi connectivity index (χ3n) is 2.90. The zero-order valence-electron chi connectivity index (χ0n) is 9.70. The lowest BCUT2D eigenvalue weighted by molar-refractivity contribution is 0.0692. The third-order valence-corrected chi connectivity index (χ3v) is 4.65. The summed E-state index contributed by atoms with van der Waals surface area (Å²) in [6, 6.07) is 2.78. The highest BCUT2D eigenvalue weighted by molar-refractivity contribution is 7.91. The van der Waals surface area contributed by atoms with E-state index in [1.807, 2.05) is 0 Å². The van der Waals surface area contributed by atoms with E-state index in [1.165, 1.54) is 17.2 Å². The summed E-state index contributed by atoms with van der Waals surface area (Å²) in [5.74, 6) is 2.27. The average molecular weight is 267 g/mol. The number of carbonyl (C=O) groups is 1. The van der Waals surface area contributed by atoms with Gasteiger partial charge >= 0.3 is 0 Å². The second-order valence-electron chi connectivity index (χ2n) is 4.17. The molecule has 18 heavy (non-hydrogen) atoms. The van der Waals surface area contributed by atoms with Gasteiger partial charge in [-0.15, -0.1) is 6.42 Å². The molecule has 0 N–H and O–H groups in total. The first-order chi connectivity index (χ1) is 8.53. The maximum atomic E-state index is 12.1. The van der Waals surface area contributed by atoms with Crippen LogP contribution in [-0.4, -0.2) is 43.3 Å². The van der Waals surface area contributed by atoms with Crippen LogP contribution in [0.3, 0.4) is 0 Å². The standard InChI is InChI=1S/C12H13NO4S/c1-2-6-13(10-5-8-18(15,16)9-10)12(14)11-4-3-7-17-11/h1,3-4,7,10H,5-6,8-9H2. The van der Waals surface area contributed by atoms with E-state index in [2.05, 4.69) is 5.92 Å². The van der Waals surface area contributed by atoms with Crippen LogP contribution in [0.1, 0.15) is 17.0 Å². The van der Waals surface area contributed by atoms with Crippen molar-refractivity contribution < 1.29 is 17.6 Å². The highest BCUT2D eigenvalue weighted by Gasteiger charge is 2.35. The molecule has 0 aliphatic carbocycles. The van der Waals surface area contributed by atoms with Crippen LogP contribution in [0.15, 0.2) is 22.8 Å². The Bertz CT molecular complexity index is 568. The highest BCUT2D eigenvalue weighted by atomic mass is 32.2. The summed E-state index contributed by atoms with van der Waals surface area (Å²) in [4.78, 5) is 13.5. The first kappa shape index (κ1) is 12.7. The van der Waals surface area contributed by atoms with Crippen LogP contribution in [0.5, 0.6) is 0 Å². The Morgan fingerprint density at radius 3 is 2.89 bits per heavy atom. The van der Waals surface area contributed by atoms with Crippen LogP contribution in [0.2, 0.25) is 0 Å². The molecule has 1 atom stereocenters. The fourth-order valence-corrected chi connectivity index (χ4v) is 3.76. The van der Waals surface area contributed by atoms with Crippen molar-refractivity contribution in [3.63, 3.8) is 0 Å². The number of hydrogen-bond acceptors (Lipinski definition) is 4. The topological polar surface area (TPSA) is 67.6 Å². The monoisotopic (exact) mass is 267 g/mol. The van der Waals surface area contributed by atoms with E-state index in [9.17, 15) is 13.2 Å². The molecule has 2 heterocycles. The first-order valence-corrected chi connectivity index (χ1v) is 7.34. The van der Waals surface area contributed by atoms with Crippen molar-refractivity contribution in [3.8, 4) is 12.3 Å². The van der Waals surface area contributed by atoms with Crippen molar-refractivity contribution in [2.75, 3.05) is 18.1 Å². The number of nitrogens with zero attached hydrogens (tertiary/aromatic N) is 1. The van der Waals surface area contributed by atoms with E-state index in [0.717, 1.165) is 0 Å². The SMILES string of the molecule is C#CCN(C(=O)c1ccco1)C1CCS(=O)(=O)C1. The van der Waals surface area contributed by atoms with Crippen molar-refractivity contribution >= 4 is 15.7 Å². The molecular formula is C12H13NO4S. The Morgan fingerprint density at radius 1 is 1.61 bits per heavy atom. The van der Waals surface area contributed by atoms with E-state index in [0.29, 0.717) is 6.42 Å². The number of amides is 1. The van der Waals surface area contributed by atoms with Gasteiger partial charge in [0.15, 0.2) is 15.6 Å². The Balaban J connectivity index is 2.19. The molecule has 6 heteroatoms. The number of carbonyl (C=O) groups excluding carboxylic acids is 1. The van der Waals surface area contributed by atoms with E-state index in [4.69, 9.17) is 10.8 Å². The molecule has 0 spiro atoms. The molecule has 1 unspecified atom stereocenters. The van der Waals surface area contributed by atoms with Crippen LogP contribution in [0.4, 0.5) is 0 Å². The number of sulfone groups is 1. The van der Waals surface area contributed by atoms with Gasteiger partial charge in [-0.1, -0.05) is 5.92 Å². The van der Waals surface area contributed by atoms with E-state index in [-0.39, 0.29) is 35.8 Å². The van der Waals surface area contributed by atoms with Crippen LogP contribution in [-0.2, 0) is 9.84 Å². The van der Waals surface area contributed by atoms with Gasteiger partial charge in [0, 0.05) is 6.04 Å². The molecule has 1 aromatic rings. The molecule has 2 rings (SSSR count). The van der Waals surface area contributed by atoms with Gasteiger partial charge in [-0.25, -0.2) is 8.42 Å². The Labute approximate surface area is 106 Å². The minimum atomic E-state index is -3.05. The maximum Gasteiger partial charge on any atom is 0.290 e. The number of rotatable bonds is 3. The first-order valence-electron chi connectivity index (χ1n) is 5.52. The normalized spacial score (nSPS) is 21.4. The fraction of sp³-hybridized carbons (Fsp3) is 0.417. The van der Waals surface area contributed by atoms with E-state index in [1.54, 1.807) is 6.07 Å². The van der Waals surface area contributed by atoms with Crippen molar-refractivity contribution in [1.82, 2.24) is 4.90 Å². The summed E-state index contributed by atoms with van der Waals surface area (Å²) in [5.41, 5.74) is 0. The Hall–Kier alpha value is -1.74. The summed E-state index contributed by atoms with van der Waals surface area (Å²) in [5, 5.41) is 0. The van der Waals surface area contributed by atoms with Gasteiger partial charge in [0.05, 0.1) is 24.3 Å². The zero-order chi connectivity index (χ0) is 13.2. The molecule has 1 aliphatic rings. The Morgan fingerprint density at radius 2 is 2.39 bits per heavy atom. The van der Waals surface area contributed by atoms with Crippen LogP contribution < -0.4 is 0 Å². The Kier molecular flexibility index (Phi) is 3.43. The van der Waals surface area contributed by atoms with Crippen LogP contribution in [0, 0.1) is 12.3 Å². The smallest absolute Gasteiger partial charge is 0.290 e. The number of hydrogen-bond donors (Lipinski definition) is 0. The van der Waals surface area contributed by atoms with Gasteiger partial charge in [-0.05, 0) is 18.6 Å². The van der Waals surface area contributed by atoms with Gasteiger partial charge < -0.3 is 9.32 Å². The quantitative estimate of drug-likeness (QED) is 0.750. The van der Waals surface area contributed by atoms with Gasteiger partial charge in [-0.3, -0.25) is 4.79 Å². The zero-order valence-corrected chi connectivity index (χ0v) is 10.5. The lowest BCUT2D eigenvalue weighted by Gasteiger charge is -2.25. The molecule has 1 fully saturated rings. The lowest BCUT2D eigenvalue weighted by atomic mass is 10.2. The molecule has 5 nitrogen and oxygen atoms in total. The molecule has 96 valence electrons. The third kappa shape index (κ3) is 2.57. The molecule has 1 aromatic heterocycles. The van der Waals surface area contributed by atoms with Gasteiger partial charge in [0.2, 0.25) is 0 Å². The molecule has 0 aromatic carbocycles. The lowest BCUT2D eigenvalue weighted by Crippen LogP contribution is -2.41. The molecule has 0 radical (unpaired) electrons. The van der Waals surface area contributed by atoms with E-state index < -0.39 is 9.84 Å². The molecule has 1 aliphatic heterocycles. The average Bonchev–Trinajstić information content (AvgIpc) is 2.94. The summed E-state index contributed by atoms with van der Waals surface area (Å²) in [6.07, 6.45) is 7.05. The van der Waals surface area contributed by atoms with Crippen molar-refractivity contribution in [1.29, 1.82) is 0 Å². The van der Waals surface area contributed by atoms with Crippen LogP contribution >= 0.6 is 0 Å². The molecular weight excluding hydrogens is 254 g/mol. The molecule has 1 amide bonds. The largest absolute Gasteiger partial charge is 0.459 e. The fourth-order valence-electron chi connectivity index (χ4n) is 2.03. The minimum absolute atomic E-state index is 0.0267. The van der Waals surface area contributed by atoms with Crippen LogP contribution in [0.25, 0.3) is 0 Å². The minimum Gasteiger partial charge on any atom is -0.459 e. The molecule has 1 saturated heterocycles. The summed E-state index contributed by atoms with van der Waals surface area (Å²) in [7, 11) is -3.05. The van der Waals surface area contributed by atoms with Gasteiger partial charge in [-0.2, -0.15) is 0 Å². The second-order valence-corrected chi connectivity index (χ2v) is 6.40. The number of terminal acetylenes is 1. The van der Waals surface area contributed by atoms with E-state index >= 15 is 0 Å². The maximum absolute atomic E-state index is 12.1. The molecule has 0 saturated carbocycles. The summed E-state index contributed by atoms with van der Waals surface area (Å²) < 4.78 is 27.9. The van der Waals surface area contributed by atoms with Crippen molar-refractivity contribution in [2.24, 2.45) is 0 Å². The molecule has 0 bridgehead atoms. The predicted molar refractivity (Wildman–Crippen MR) is 65.6 cm³/mol. The number of furan rings is 1. The van der Waals surface area contributed by atoms with Gasteiger partial charge in [0.25, 0.3) is 5.91 Å². The predicted octanol–water partition coefficient (Wildman–Crippen LogP) is 0.542. The summed E-state index contributed by atoms with van der Waals surface area (Å²) in [6.45, 7) is 0.0831.